The summed E-state index contributed by atoms with van der Waals surface area (Å²) in [4.78, 5) is 0. The number of likely N-dealkylation sites (N-methyl/N-ethyl adjacent to an activating group) is 1. The van der Waals surface area contributed by atoms with Crippen LogP contribution in [-0.4, -0.2) is 19.1 Å². The highest BCUT2D eigenvalue weighted by Gasteiger charge is 2.17. The lowest BCUT2D eigenvalue weighted by atomic mass is 10.0. The molecule has 1 aromatic rings. The number of anilines is 1. The molecule has 2 nitrogen and oxygen atoms in total. The van der Waals surface area contributed by atoms with Crippen LogP contribution < -0.4 is 10.6 Å². The molecule has 0 unspecified atom stereocenters. The first-order valence-electron chi connectivity index (χ1n) is 5.45. The van der Waals surface area contributed by atoms with Crippen LogP contribution in [0.1, 0.15) is 25.0 Å². The monoisotopic (exact) mass is 206 g/mol. The molecule has 0 aliphatic rings. The Bertz CT molecular complexity index is 309. The molecule has 0 aliphatic heterocycles. The molecule has 0 bridgehead atoms. The number of hydrogen-bond donors (Lipinski definition) is 2. The van der Waals surface area contributed by atoms with E-state index in [2.05, 4.69) is 56.5 Å². The Morgan fingerprint density at radius 3 is 2.13 bits per heavy atom. The van der Waals surface area contributed by atoms with Crippen molar-refractivity contribution in [2.45, 2.75) is 33.2 Å². The molecule has 0 saturated carbocycles. The van der Waals surface area contributed by atoms with Gasteiger partial charge in [0.05, 0.1) is 0 Å². The van der Waals surface area contributed by atoms with Crippen LogP contribution in [0.2, 0.25) is 0 Å². The van der Waals surface area contributed by atoms with Crippen LogP contribution in [0.3, 0.4) is 0 Å². The standard InChI is InChI=1S/C13H22N2/c1-10-7-6-8-11(2)12(10)15-13(3,4)9-14-5/h6-8,14-15H,9H2,1-5H3. The zero-order valence-electron chi connectivity index (χ0n) is 10.4. The lowest BCUT2D eigenvalue weighted by Gasteiger charge is -2.29. The summed E-state index contributed by atoms with van der Waals surface area (Å²) in [7, 11) is 1.98. The van der Waals surface area contributed by atoms with E-state index in [4.69, 9.17) is 0 Å². The first-order valence-corrected chi connectivity index (χ1v) is 5.45. The van der Waals surface area contributed by atoms with E-state index in [1.165, 1.54) is 16.8 Å². The van der Waals surface area contributed by atoms with Gasteiger partial charge in [-0.3, -0.25) is 0 Å². The van der Waals surface area contributed by atoms with Gasteiger partial charge in [0.15, 0.2) is 0 Å². The smallest absolute Gasteiger partial charge is 0.0441 e. The summed E-state index contributed by atoms with van der Waals surface area (Å²) < 4.78 is 0. The number of benzene rings is 1. The third kappa shape index (κ3) is 3.24. The molecule has 0 aromatic heterocycles. The highest BCUT2D eigenvalue weighted by molar-refractivity contribution is 5.58. The number of aryl methyl sites for hydroxylation is 2. The Morgan fingerprint density at radius 1 is 1.13 bits per heavy atom. The van der Waals surface area contributed by atoms with Crippen LogP contribution in [0.5, 0.6) is 0 Å². The van der Waals surface area contributed by atoms with Gasteiger partial charge in [-0.1, -0.05) is 18.2 Å². The summed E-state index contributed by atoms with van der Waals surface area (Å²) in [5.41, 5.74) is 3.95. The molecule has 0 atom stereocenters. The van der Waals surface area contributed by atoms with Gasteiger partial charge in [0.1, 0.15) is 0 Å². The van der Waals surface area contributed by atoms with Crippen molar-refractivity contribution in [3.8, 4) is 0 Å². The molecule has 2 N–H and O–H groups in total. The van der Waals surface area contributed by atoms with Crippen LogP contribution in [-0.2, 0) is 0 Å². The molecule has 1 rings (SSSR count). The largest absolute Gasteiger partial charge is 0.378 e. The average Bonchev–Trinajstić information content (AvgIpc) is 2.11. The predicted octanol–water partition coefficient (Wildman–Crippen LogP) is 2.71. The molecular formula is C13H22N2. The third-order valence-corrected chi connectivity index (χ3v) is 2.56. The first kappa shape index (κ1) is 12.1. The van der Waals surface area contributed by atoms with E-state index in [1.54, 1.807) is 0 Å². The second kappa shape index (κ2) is 4.67. The zero-order valence-corrected chi connectivity index (χ0v) is 10.4. The highest BCUT2D eigenvalue weighted by Crippen LogP contribution is 2.23. The molecule has 0 amide bonds. The van der Waals surface area contributed by atoms with Gasteiger partial charge in [0, 0.05) is 17.8 Å². The Hall–Kier alpha value is -1.02. The fourth-order valence-electron chi connectivity index (χ4n) is 1.84. The molecule has 0 aliphatic carbocycles. The van der Waals surface area contributed by atoms with Gasteiger partial charge in [-0.15, -0.1) is 0 Å². The van der Waals surface area contributed by atoms with Crippen LogP contribution in [0.4, 0.5) is 5.69 Å². The summed E-state index contributed by atoms with van der Waals surface area (Å²) >= 11 is 0. The van der Waals surface area contributed by atoms with E-state index in [1.807, 2.05) is 7.05 Å². The molecule has 84 valence electrons. The van der Waals surface area contributed by atoms with E-state index in [0.717, 1.165) is 6.54 Å². The van der Waals surface area contributed by atoms with Crippen molar-refractivity contribution in [3.63, 3.8) is 0 Å². The van der Waals surface area contributed by atoms with Gasteiger partial charge >= 0.3 is 0 Å². The second-order valence-corrected chi connectivity index (χ2v) is 4.81. The maximum atomic E-state index is 3.59. The Kier molecular flexibility index (Phi) is 3.75. The summed E-state index contributed by atoms with van der Waals surface area (Å²) in [6, 6.07) is 6.39. The van der Waals surface area contributed by atoms with Crippen molar-refractivity contribution in [3.05, 3.63) is 29.3 Å². The first-order chi connectivity index (χ1) is 6.96. The van der Waals surface area contributed by atoms with E-state index in [0.29, 0.717) is 0 Å². The van der Waals surface area contributed by atoms with Crippen LogP contribution >= 0.6 is 0 Å². The summed E-state index contributed by atoms with van der Waals surface area (Å²) in [6.45, 7) is 9.64. The minimum atomic E-state index is 0.0750. The Labute approximate surface area is 93.1 Å². The third-order valence-electron chi connectivity index (χ3n) is 2.56. The van der Waals surface area contributed by atoms with Crippen molar-refractivity contribution in [1.29, 1.82) is 0 Å². The van der Waals surface area contributed by atoms with Gasteiger partial charge in [-0.2, -0.15) is 0 Å². The molecule has 2 heteroatoms. The molecule has 0 saturated heterocycles. The van der Waals surface area contributed by atoms with Gasteiger partial charge in [-0.25, -0.2) is 0 Å². The van der Waals surface area contributed by atoms with E-state index < -0.39 is 0 Å². The molecule has 0 fully saturated rings. The van der Waals surface area contributed by atoms with E-state index in [9.17, 15) is 0 Å². The minimum Gasteiger partial charge on any atom is -0.378 e. The second-order valence-electron chi connectivity index (χ2n) is 4.81. The van der Waals surface area contributed by atoms with Crippen LogP contribution in [0.25, 0.3) is 0 Å². The number of nitrogens with one attached hydrogen (secondary N) is 2. The Balaban J connectivity index is 2.89. The summed E-state index contributed by atoms with van der Waals surface area (Å²) in [6.07, 6.45) is 0. The summed E-state index contributed by atoms with van der Waals surface area (Å²) in [5.74, 6) is 0. The fourth-order valence-corrected chi connectivity index (χ4v) is 1.84. The predicted molar refractivity (Wildman–Crippen MR) is 67.5 cm³/mol. The molecule has 0 radical (unpaired) electrons. The SMILES string of the molecule is CNCC(C)(C)Nc1c(C)cccc1C. The lowest BCUT2D eigenvalue weighted by molar-refractivity contribution is 0.530. The average molecular weight is 206 g/mol. The maximum Gasteiger partial charge on any atom is 0.0441 e. The quantitative estimate of drug-likeness (QED) is 0.791. The van der Waals surface area contributed by atoms with E-state index >= 15 is 0 Å². The lowest BCUT2D eigenvalue weighted by Crippen LogP contribution is -2.41. The van der Waals surface area contributed by atoms with E-state index in [-0.39, 0.29) is 5.54 Å². The van der Waals surface area contributed by atoms with Crippen LogP contribution in [0, 0.1) is 13.8 Å². The minimum absolute atomic E-state index is 0.0750. The summed E-state index contributed by atoms with van der Waals surface area (Å²) in [5, 5.41) is 6.80. The topological polar surface area (TPSA) is 24.1 Å². The Morgan fingerprint density at radius 2 is 1.67 bits per heavy atom. The fraction of sp³-hybridized carbons (Fsp3) is 0.538. The van der Waals surface area contributed by atoms with Crippen molar-refractivity contribution in [2.24, 2.45) is 0 Å². The van der Waals surface area contributed by atoms with Gasteiger partial charge in [0.25, 0.3) is 0 Å². The van der Waals surface area contributed by atoms with Crippen molar-refractivity contribution >= 4 is 5.69 Å². The van der Waals surface area contributed by atoms with Gasteiger partial charge < -0.3 is 10.6 Å². The highest BCUT2D eigenvalue weighted by atomic mass is 15.0. The maximum absolute atomic E-state index is 3.59. The number of para-hydroxylation sites is 1. The molecule has 0 spiro atoms. The molecule has 15 heavy (non-hydrogen) atoms. The van der Waals surface area contributed by atoms with Gasteiger partial charge in [0.2, 0.25) is 0 Å². The normalized spacial score (nSPS) is 11.5. The molecule has 1 aromatic carbocycles. The number of rotatable bonds is 4. The van der Waals surface area contributed by atoms with Crippen molar-refractivity contribution in [1.82, 2.24) is 5.32 Å². The van der Waals surface area contributed by atoms with Crippen molar-refractivity contribution in [2.75, 3.05) is 18.9 Å². The van der Waals surface area contributed by atoms with Crippen molar-refractivity contribution < 1.29 is 0 Å². The molecular weight excluding hydrogens is 184 g/mol. The number of hydrogen-bond acceptors (Lipinski definition) is 2. The zero-order chi connectivity index (χ0) is 11.5. The molecule has 0 heterocycles. The van der Waals surface area contributed by atoms with Crippen LogP contribution in [0.15, 0.2) is 18.2 Å². The van der Waals surface area contributed by atoms with Gasteiger partial charge in [-0.05, 0) is 45.9 Å².